The van der Waals surface area contributed by atoms with Crippen molar-refractivity contribution in [3.63, 3.8) is 0 Å². The molecule has 0 unspecified atom stereocenters. The molecule has 0 aliphatic rings. The summed E-state index contributed by atoms with van der Waals surface area (Å²) in [5, 5.41) is 19.1. The molecule has 2 atom stereocenters. The molecule has 238 valence electrons. The van der Waals surface area contributed by atoms with Gasteiger partial charge in [0.25, 0.3) is 0 Å². The van der Waals surface area contributed by atoms with Crippen molar-refractivity contribution in [1.82, 2.24) is 20.9 Å². The van der Waals surface area contributed by atoms with Gasteiger partial charge in [-0.05, 0) is 32.0 Å². The number of aliphatic carboxylic acids is 1. The number of guanidine groups is 1. The molecule has 1 rings (SSSR count). The Hall–Kier alpha value is -2.83. The molecule has 9 N–H and O–H groups in total. The van der Waals surface area contributed by atoms with Gasteiger partial charge in [0, 0.05) is 12.2 Å². The van der Waals surface area contributed by atoms with Gasteiger partial charge in [0.2, 0.25) is 23.6 Å². The molecule has 0 aliphatic heterocycles. The van der Waals surface area contributed by atoms with E-state index >= 15 is 0 Å². The summed E-state index contributed by atoms with van der Waals surface area (Å²) in [7, 11) is 0. The van der Waals surface area contributed by atoms with Crippen molar-refractivity contribution in [1.29, 1.82) is 0 Å². The molecule has 0 saturated carbocycles. The Balaban J connectivity index is 0.00000862. The van der Waals surface area contributed by atoms with Gasteiger partial charge in [-0.2, -0.15) is 16.4 Å². The zero-order valence-corrected chi connectivity index (χ0v) is 27.4. The molecule has 0 aromatic heterocycles. The normalized spacial score (nSPS) is 11.6. The molecule has 0 radical (unpaired) electrons. The van der Waals surface area contributed by atoms with Crippen LogP contribution in [-0.4, -0.2) is 102 Å². The van der Waals surface area contributed by atoms with Gasteiger partial charge < -0.3 is 75.7 Å². The number of carboxylic acids is 1. The van der Waals surface area contributed by atoms with Crippen molar-refractivity contribution in [2.24, 2.45) is 16.5 Å². The predicted molar refractivity (Wildman–Crippen MR) is 161 cm³/mol. The average molecular weight is 743 g/mol. The number of amides is 4. The van der Waals surface area contributed by atoms with Gasteiger partial charge in [-0.15, -0.1) is 0 Å². The summed E-state index contributed by atoms with van der Waals surface area (Å²) in [6, 6.07) is 3.85. The molecule has 0 fully saturated rings. The molecular weight excluding hydrogens is 707 g/mol. The zero-order chi connectivity index (χ0) is 32.8. The summed E-state index contributed by atoms with van der Waals surface area (Å²) >= 11 is 15.9. The van der Waals surface area contributed by atoms with Gasteiger partial charge in [0.1, 0.15) is 12.1 Å². The second kappa shape index (κ2) is 23.6. The molecule has 0 heterocycles. The Morgan fingerprint density at radius 3 is 2.16 bits per heavy atom. The van der Waals surface area contributed by atoms with Gasteiger partial charge in [0.15, 0.2) is 5.96 Å². The molecule has 0 saturated heterocycles. The van der Waals surface area contributed by atoms with Crippen LogP contribution in [0, 0.1) is 0 Å². The van der Waals surface area contributed by atoms with E-state index in [4.69, 9.17) is 52.9 Å². The quantitative estimate of drug-likeness (QED) is 0.0334. The Kier molecular flexibility index (Phi) is 22.1. The number of anilines is 1. The fourth-order valence-electron chi connectivity index (χ4n) is 3.47. The van der Waals surface area contributed by atoms with E-state index < -0.39 is 54.6 Å². The maximum atomic E-state index is 12.9. The van der Waals surface area contributed by atoms with Crippen molar-refractivity contribution in [3.8, 4) is 0 Å². The van der Waals surface area contributed by atoms with Crippen LogP contribution in [0.2, 0.25) is 0 Å². The number of carbonyl (C=O) groups is 5. The molecule has 4 amide bonds. The number of carboxylic acid groups (broad SMARTS) is 1. The monoisotopic (exact) mass is 742 g/mol. The minimum absolute atomic E-state index is 0.0220. The predicted octanol–water partition coefficient (Wildman–Crippen LogP) is -2.58. The fourth-order valence-corrected chi connectivity index (χ4v) is 4.19. The van der Waals surface area contributed by atoms with Crippen LogP contribution < -0.4 is 32.7 Å². The van der Waals surface area contributed by atoms with Gasteiger partial charge >= 0.3 is 28.3 Å². The molecule has 0 bridgehead atoms. The first-order chi connectivity index (χ1) is 20.4. The molecule has 0 aliphatic carbocycles. The Morgan fingerprint density at radius 2 is 1.60 bits per heavy atom. The number of nitrogens with zero attached hydrogens (tertiary/aromatic N) is 2. The van der Waals surface area contributed by atoms with E-state index in [0.717, 1.165) is 18.9 Å². The third-order valence-electron chi connectivity index (χ3n) is 5.33. The second-order valence-corrected chi connectivity index (χ2v) is 9.99. The van der Waals surface area contributed by atoms with Crippen LogP contribution in [-0.2, 0) is 84.2 Å². The van der Waals surface area contributed by atoms with Crippen molar-refractivity contribution in [3.05, 3.63) is 24.3 Å². The molecule has 1 aromatic carbocycles. The SMILES string of the molecule is NC(N)=NCCC[C@@H](NC(=O)CN(CC[S-])CC[S-])C(=O)NCC(=O)N[C@@H](CC(=O)O)C(=O)Nc1cccc([S-])c1.[O]=[99Tc+3]. The van der Waals surface area contributed by atoms with Crippen molar-refractivity contribution in [2.75, 3.05) is 49.5 Å². The van der Waals surface area contributed by atoms with Crippen LogP contribution in [0.25, 0.3) is 0 Å². The van der Waals surface area contributed by atoms with Crippen LogP contribution in [0.3, 0.4) is 0 Å². The third-order valence-corrected chi connectivity index (χ3v) is 5.95. The zero-order valence-electron chi connectivity index (χ0n) is 23.1. The van der Waals surface area contributed by atoms with Crippen molar-refractivity contribution in [2.45, 2.75) is 36.2 Å². The van der Waals surface area contributed by atoms with Crippen LogP contribution >= 0.6 is 0 Å². The van der Waals surface area contributed by atoms with Crippen LogP contribution in [0.5, 0.6) is 0 Å². The number of nitrogens with two attached hydrogens (primary N) is 2. The minimum atomic E-state index is -1.43. The summed E-state index contributed by atoms with van der Waals surface area (Å²) in [4.78, 5) is 68.1. The number of carbonyl (C=O) groups excluding carboxylic acids is 4. The van der Waals surface area contributed by atoms with E-state index in [-0.39, 0.29) is 25.5 Å². The standard InChI is InChI=1S/C24H38N8O6S3.O.Tc/c25-24(26)27-6-2-5-17(30-20(34)14-32(7-9-39)8-10-40)22(37)28-13-19(33)31-18(12-21(35)36)23(38)29-15-3-1-4-16(41)11-15;;/h1,3-4,11,17-18,39-41H,2,5-10,12-14H2,(H,28,37)(H,29,38)(H,30,34)(H,31,33)(H,35,36)(H4,25,26,27);;/q;;+3/p-3/t17-,18+;;/m1../s1/i;;1+1. The Labute approximate surface area is 276 Å². The molecular formula is C24H35N8O7S3Tc. The van der Waals surface area contributed by atoms with Crippen LogP contribution in [0.1, 0.15) is 19.3 Å². The first kappa shape index (κ1) is 40.2. The third kappa shape index (κ3) is 19.1. The number of aliphatic imine (C=N–C) groups is 1. The van der Waals surface area contributed by atoms with Gasteiger partial charge in [-0.3, -0.25) is 33.9 Å². The molecule has 19 heteroatoms. The summed E-state index contributed by atoms with van der Waals surface area (Å²) in [6.07, 6.45) is -0.200. The van der Waals surface area contributed by atoms with E-state index in [1.165, 1.54) is 6.07 Å². The summed E-state index contributed by atoms with van der Waals surface area (Å²) in [5.41, 5.74) is 11.0. The molecule has 0 spiro atoms. The first-order valence-electron chi connectivity index (χ1n) is 12.7. The first-order valence-corrected chi connectivity index (χ1v) is 15.0. The molecule has 1 aromatic rings. The van der Waals surface area contributed by atoms with Gasteiger partial charge in [-0.1, -0.05) is 18.2 Å². The van der Waals surface area contributed by atoms with E-state index in [0.29, 0.717) is 41.6 Å². The maximum absolute atomic E-state index is 12.9. The number of hydrogen-bond donors (Lipinski definition) is 7. The molecule has 15 nitrogen and oxygen atoms in total. The van der Waals surface area contributed by atoms with Gasteiger partial charge in [0.05, 0.1) is 19.5 Å². The summed E-state index contributed by atoms with van der Waals surface area (Å²) in [5.74, 6) is -3.33. The number of hydrogen-bond acceptors (Lipinski definition) is 11. The Bertz CT molecular complexity index is 1090. The van der Waals surface area contributed by atoms with Gasteiger partial charge in [-0.25, -0.2) is 0 Å². The van der Waals surface area contributed by atoms with E-state index in [1.54, 1.807) is 23.1 Å². The number of nitrogens with one attached hydrogen (secondary N) is 4. The van der Waals surface area contributed by atoms with Crippen LogP contribution in [0.15, 0.2) is 34.2 Å². The van der Waals surface area contributed by atoms with Crippen molar-refractivity contribution < 1.29 is 51.4 Å². The van der Waals surface area contributed by atoms with E-state index in [2.05, 4.69) is 26.3 Å². The van der Waals surface area contributed by atoms with E-state index in [1.807, 2.05) is 0 Å². The fraction of sp³-hybridized carbons (Fsp3) is 0.500. The number of benzene rings is 1. The molecule has 43 heavy (non-hydrogen) atoms. The Morgan fingerprint density at radius 1 is 0.977 bits per heavy atom. The number of rotatable bonds is 19. The summed E-state index contributed by atoms with van der Waals surface area (Å²) < 4.78 is 8.22. The topological polar surface area (TPSA) is 238 Å². The average Bonchev–Trinajstić information content (AvgIpc) is 2.94. The van der Waals surface area contributed by atoms with E-state index in [9.17, 15) is 29.1 Å². The van der Waals surface area contributed by atoms with Crippen LogP contribution in [0.4, 0.5) is 5.69 Å². The second-order valence-electron chi connectivity index (χ2n) is 8.71. The van der Waals surface area contributed by atoms with Crippen molar-refractivity contribution >= 4 is 79.1 Å². The summed E-state index contributed by atoms with van der Waals surface area (Å²) in [6.45, 7) is 0.560.